The summed E-state index contributed by atoms with van der Waals surface area (Å²) in [7, 11) is -12.3. The van der Waals surface area contributed by atoms with Crippen molar-refractivity contribution in [3.8, 4) is 5.75 Å². The highest BCUT2D eigenvalue weighted by Gasteiger charge is 2.21. The van der Waals surface area contributed by atoms with Gasteiger partial charge in [-0.1, -0.05) is 21.2 Å². The molecule has 0 saturated carbocycles. The molecule has 4 rings (SSSR count). The highest BCUT2D eigenvalue weighted by Crippen LogP contribution is 2.48. The molecule has 0 fully saturated rings. The number of phenols is 1. The molecule has 24 nitrogen and oxygen atoms in total. The minimum Gasteiger partial charge on any atom is -0.505 e. The predicted molar refractivity (Wildman–Crippen MR) is 198 cm³/mol. The molecule has 0 aliphatic heterocycles. The van der Waals surface area contributed by atoms with Crippen molar-refractivity contribution in [2.24, 2.45) is 20.5 Å². The third-order valence-electron chi connectivity index (χ3n) is 6.79. The molecule has 0 unspecified atom stereocenters. The maximum atomic E-state index is 12.8. The zero-order chi connectivity index (χ0) is 41.5. The van der Waals surface area contributed by atoms with Gasteiger partial charge in [0.15, 0.2) is 50.1 Å². The van der Waals surface area contributed by atoms with Crippen molar-refractivity contribution in [2.75, 3.05) is 35.9 Å². The van der Waals surface area contributed by atoms with Crippen LogP contribution in [0.1, 0.15) is 0 Å². The van der Waals surface area contributed by atoms with Crippen LogP contribution in [-0.2, 0) is 66.3 Å². The van der Waals surface area contributed by atoms with E-state index in [9.17, 15) is 34.9 Å². The summed E-state index contributed by atoms with van der Waals surface area (Å²) in [6.45, 7) is -0.665. The van der Waals surface area contributed by atoms with Gasteiger partial charge in [-0.15, -0.1) is 23.2 Å². The summed E-state index contributed by atoms with van der Waals surface area (Å²) in [5, 5.41) is 65.9. The van der Waals surface area contributed by atoms with Crippen molar-refractivity contribution < 1.29 is 87.2 Å². The number of phenolic OH excluding ortho intramolecular Hbond substituents is 1. The van der Waals surface area contributed by atoms with E-state index < -0.39 is 52.9 Å². The first kappa shape index (κ1) is 46.1. The van der Waals surface area contributed by atoms with Crippen molar-refractivity contribution in [2.45, 2.75) is 14.7 Å². The summed E-state index contributed by atoms with van der Waals surface area (Å²) in [5.74, 6) is -2.49. The Hall–Kier alpha value is -3.64. The quantitative estimate of drug-likeness (QED) is 0.0107. The second-order valence-electron chi connectivity index (χ2n) is 10.4. The van der Waals surface area contributed by atoms with Gasteiger partial charge in [-0.2, -0.15) is 18.6 Å². The van der Waals surface area contributed by atoms with Crippen molar-refractivity contribution in [3.63, 3.8) is 0 Å². The third-order valence-corrected chi connectivity index (χ3v) is 12.0. The molecule has 0 amide bonds. The SMILES string of the molecule is O=S(=O)(O)CNc1ccc2c(O)c(N=Nc3cccc(S(=O)(=O)CCOSOOO)c3)c(SOOO)cc2c1N=Nc1ccc(S(=O)(=O)CCOSOOO)cc1. The molecule has 0 aromatic heterocycles. The van der Waals surface area contributed by atoms with E-state index in [0.29, 0.717) is 12.0 Å². The van der Waals surface area contributed by atoms with Crippen LogP contribution >= 0.6 is 36.7 Å². The van der Waals surface area contributed by atoms with Crippen LogP contribution in [0.3, 0.4) is 0 Å². The van der Waals surface area contributed by atoms with Crippen LogP contribution in [0.5, 0.6) is 5.75 Å². The van der Waals surface area contributed by atoms with Crippen molar-refractivity contribution in [1.29, 1.82) is 0 Å². The molecule has 0 aliphatic carbocycles. The minimum atomic E-state index is -4.56. The van der Waals surface area contributed by atoms with Crippen molar-refractivity contribution >= 4 is 106 Å². The number of hydrogen-bond acceptors (Lipinski definition) is 26. The first-order valence-electron chi connectivity index (χ1n) is 14.9. The smallest absolute Gasteiger partial charge is 0.283 e. The number of nitrogens with one attached hydrogen (secondary N) is 1. The fraction of sp³-hybridized carbons (Fsp3) is 0.185. The van der Waals surface area contributed by atoms with Crippen LogP contribution in [0.4, 0.5) is 28.4 Å². The number of anilines is 1. The van der Waals surface area contributed by atoms with Gasteiger partial charge in [0.25, 0.3) is 10.1 Å². The van der Waals surface area contributed by atoms with Gasteiger partial charge < -0.3 is 10.4 Å². The first-order chi connectivity index (χ1) is 27.2. The van der Waals surface area contributed by atoms with Gasteiger partial charge >= 0.3 is 0 Å². The fourth-order valence-electron chi connectivity index (χ4n) is 4.37. The summed E-state index contributed by atoms with van der Waals surface area (Å²) >= 11 is 0.762. The fourth-order valence-corrected chi connectivity index (χ4v) is 8.05. The molecular weight excluding hydrogens is 891 g/mol. The van der Waals surface area contributed by atoms with E-state index >= 15 is 0 Å². The van der Waals surface area contributed by atoms with Gasteiger partial charge in [-0.25, -0.2) is 32.6 Å². The summed E-state index contributed by atoms with van der Waals surface area (Å²) < 4.78 is 106. The average molecular weight is 918 g/mol. The topological polar surface area (TPSA) is 339 Å². The Labute approximate surface area is 334 Å². The van der Waals surface area contributed by atoms with Gasteiger partial charge in [0.1, 0.15) is 17.3 Å². The van der Waals surface area contributed by atoms with E-state index in [2.05, 4.69) is 53.9 Å². The Kier molecular flexibility index (Phi) is 17.7. The molecule has 0 aliphatic rings. The van der Waals surface area contributed by atoms with Crippen LogP contribution in [0.25, 0.3) is 10.8 Å². The standard InChI is InChI=1S/C27H27N5O19S6/c33-27-21-8-9-23(28-16-57(41,42)43)25(31-29-17-4-6-19(7-5-17)55(37,38)12-10-44-53-50-47-35)22(21)15-24(52-49-46-34)26(27)32-30-18-2-1-3-20(14-18)56(39,40)13-11-45-54-51-48-36/h1-9,14-15,28,33-36H,10-13,16H2,(H,41,42,43). The van der Waals surface area contributed by atoms with Crippen molar-refractivity contribution in [1.82, 2.24) is 0 Å². The van der Waals surface area contributed by atoms with Crippen LogP contribution in [0, 0.1) is 0 Å². The van der Waals surface area contributed by atoms with E-state index in [-0.39, 0.29) is 91.8 Å². The molecule has 0 radical (unpaired) electrons. The number of rotatable bonds is 24. The van der Waals surface area contributed by atoms with Crippen LogP contribution in [0.2, 0.25) is 0 Å². The molecule has 4 aromatic rings. The van der Waals surface area contributed by atoms with Crippen LogP contribution < -0.4 is 5.32 Å². The molecule has 0 saturated heterocycles. The molecule has 4 aromatic carbocycles. The maximum Gasteiger partial charge on any atom is 0.283 e. The van der Waals surface area contributed by atoms with Gasteiger partial charge in [0.2, 0.25) is 0 Å². The zero-order valence-electron chi connectivity index (χ0n) is 28.1. The van der Waals surface area contributed by atoms with Gasteiger partial charge in [0.05, 0.1) is 68.5 Å². The second kappa shape index (κ2) is 21.9. The lowest BCUT2D eigenvalue weighted by atomic mass is 10.1. The normalized spacial score (nSPS) is 12.6. The molecule has 310 valence electrons. The number of sulfone groups is 2. The molecule has 0 atom stereocenters. The summed E-state index contributed by atoms with van der Waals surface area (Å²) in [6, 6.07) is 14.3. The Morgan fingerprint density at radius 3 is 1.84 bits per heavy atom. The Bertz CT molecular complexity index is 2370. The van der Waals surface area contributed by atoms with Crippen LogP contribution in [-0.4, -0.2) is 81.3 Å². The number of azo groups is 2. The van der Waals surface area contributed by atoms with Gasteiger partial charge in [0, 0.05) is 10.8 Å². The Balaban J connectivity index is 1.71. The lowest BCUT2D eigenvalue weighted by molar-refractivity contribution is -0.434. The zero-order valence-corrected chi connectivity index (χ0v) is 33.0. The lowest BCUT2D eigenvalue weighted by Gasteiger charge is -2.14. The molecule has 0 bridgehead atoms. The molecule has 57 heavy (non-hydrogen) atoms. The molecule has 0 heterocycles. The largest absolute Gasteiger partial charge is 0.505 e. The van der Waals surface area contributed by atoms with Gasteiger partial charge in [-0.05, 0) is 60.7 Å². The number of aromatic hydroxyl groups is 1. The molecule has 30 heteroatoms. The van der Waals surface area contributed by atoms with E-state index in [1.54, 1.807) is 0 Å². The highest BCUT2D eigenvalue weighted by atomic mass is 32.2. The predicted octanol–water partition coefficient (Wildman–Crippen LogP) is 6.61. The summed E-state index contributed by atoms with van der Waals surface area (Å²) in [6.07, 6.45) is 0. The van der Waals surface area contributed by atoms with Crippen LogP contribution in [0.15, 0.2) is 102 Å². The Morgan fingerprint density at radius 2 is 1.23 bits per heavy atom. The molecule has 6 N–H and O–H groups in total. The minimum absolute atomic E-state index is 0.0168. The van der Waals surface area contributed by atoms with E-state index in [1.165, 1.54) is 66.7 Å². The lowest BCUT2D eigenvalue weighted by Crippen LogP contribution is -2.13. The number of nitrogens with zero attached hydrogens (tertiary/aromatic N) is 4. The van der Waals surface area contributed by atoms with E-state index in [1.807, 2.05) is 0 Å². The number of benzene rings is 4. The number of fused-ring (bicyclic) bond motifs is 1. The third kappa shape index (κ3) is 14.0. The summed E-state index contributed by atoms with van der Waals surface area (Å²) in [5.41, 5.74) is -0.263. The monoisotopic (exact) mass is 917 g/mol. The first-order valence-corrected chi connectivity index (χ1v) is 21.9. The highest BCUT2D eigenvalue weighted by molar-refractivity contribution is 7.94. The average Bonchev–Trinajstić information content (AvgIpc) is 3.18. The second-order valence-corrected chi connectivity index (χ2v) is 17.8. The van der Waals surface area contributed by atoms with E-state index in [4.69, 9.17) is 24.1 Å². The summed E-state index contributed by atoms with van der Waals surface area (Å²) in [4.78, 5) is -0.350. The molecular formula is C27H27N5O19S6. The maximum absolute atomic E-state index is 12.8. The number of hydrogen-bond donors (Lipinski definition) is 6. The van der Waals surface area contributed by atoms with Gasteiger partial charge in [-0.3, -0.25) is 12.9 Å². The van der Waals surface area contributed by atoms with Crippen molar-refractivity contribution in [3.05, 3.63) is 66.7 Å². The van der Waals surface area contributed by atoms with E-state index in [0.717, 1.165) is 0 Å². The Morgan fingerprint density at radius 1 is 0.632 bits per heavy atom. The molecule has 0 spiro atoms.